The number of nitrogens with one attached hydrogen (secondary N) is 1. The van der Waals surface area contributed by atoms with Crippen molar-refractivity contribution in [3.63, 3.8) is 0 Å². The summed E-state index contributed by atoms with van der Waals surface area (Å²) in [5.41, 5.74) is 0. The Bertz CT molecular complexity index is 700. The van der Waals surface area contributed by atoms with Crippen LogP contribution in [0.1, 0.15) is 44.9 Å². The summed E-state index contributed by atoms with van der Waals surface area (Å²) in [7, 11) is -3.55. The second-order valence-electron chi connectivity index (χ2n) is 7.00. The molecule has 0 bridgehead atoms. The Balaban J connectivity index is 1.64. The number of carbonyl (C=O) groups excluding carboxylic acids is 1. The largest absolute Gasteiger partial charge is 0.352 e. The van der Waals surface area contributed by atoms with E-state index in [9.17, 15) is 13.2 Å². The number of piperidine rings is 1. The number of hydrogen-bond acceptors (Lipinski definition) is 3. The first kappa shape index (κ1) is 18.7. The van der Waals surface area contributed by atoms with E-state index in [1.54, 1.807) is 12.1 Å². The second-order valence-corrected chi connectivity index (χ2v) is 9.37. The number of nitrogens with zero attached hydrogens (tertiary/aromatic N) is 1. The molecule has 25 heavy (non-hydrogen) atoms. The van der Waals surface area contributed by atoms with Crippen molar-refractivity contribution in [1.82, 2.24) is 9.62 Å². The van der Waals surface area contributed by atoms with Gasteiger partial charge in [-0.15, -0.1) is 0 Å². The van der Waals surface area contributed by atoms with Gasteiger partial charge in [-0.1, -0.05) is 30.9 Å². The van der Waals surface area contributed by atoms with Crippen molar-refractivity contribution in [2.45, 2.75) is 55.9 Å². The molecule has 3 rings (SSSR count). The van der Waals surface area contributed by atoms with Gasteiger partial charge in [0.25, 0.3) is 0 Å². The van der Waals surface area contributed by atoms with E-state index in [1.165, 1.54) is 22.9 Å². The van der Waals surface area contributed by atoms with Crippen molar-refractivity contribution in [3.05, 3.63) is 29.3 Å². The van der Waals surface area contributed by atoms with E-state index in [4.69, 9.17) is 11.6 Å². The van der Waals surface area contributed by atoms with Crippen LogP contribution in [0, 0.1) is 5.92 Å². The highest BCUT2D eigenvalue weighted by Crippen LogP contribution is 2.25. The van der Waals surface area contributed by atoms with Crippen LogP contribution in [0.4, 0.5) is 0 Å². The lowest BCUT2D eigenvalue weighted by Gasteiger charge is -2.33. The number of carbonyl (C=O) groups is 1. The SMILES string of the molecule is O=C(N[C@H]1CCCN(S(=O)(=O)c2ccc(Cl)cc2)C1)C1CCCCC1. The van der Waals surface area contributed by atoms with Gasteiger partial charge in [0.05, 0.1) is 4.90 Å². The third kappa shape index (κ3) is 4.54. The molecule has 7 heteroatoms. The van der Waals surface area contributed by atoms with Crippen LogP contribution in [0.5, 0.6) is 0 Å². The van der Waals surface area contributed by atoms with Crippen LogP contribution in [0.3, 0.4) is 0 Å². The van der Waals surface area contributed by atoms with Crippen LogP contribution in [-0.2, 0) is 14.8 Å². The lowest BCUT2D eigenvalue weighted by atomic mass is 9.88. The topological polar surface area (TPSA) is 66.5 Å². The summed E-state index contributed by atoms with van der Waals surface area (Å²) in [5, 5.41) is 3.59. The number of benzene rings is 1. The lowest BCUT2D eigenvalue weighted by Crippen LogP contribution is -2.50. The maximum Gasteiger partial charge on any atom is 0.243 e. The highest BCUT2D eigenvalue weighted by Gasteiger charge is 2.32. The van der Waals surface area contributed by atoms with E-state index in [0.717, 1.165) is 38.5 Å². The molecule has 0 radical (unpaired) electrons. The molecular weight excluding hydrogens is 360 g/mol. The van der Waals surface area contributed by atoms with Gasteiger partial charge in [0.1, 0.15) is 0 Å². The molecule has 1 amide bonds. The summed E-state index contributed by atoms with van der Waals surface area (Å²) in [4.78, 5) is 12.7. The number of halogens is 1. The Hall–Kier alpha value is -1.11. The molecule has 138 valence electrons. The summed E-state index contributed by atoms with van der Waals surface area (Å²) in [5.74, 6) is 0.187. The van der Waals surface area contributed by atoms with E-state index in [1.807, 2.05) is 0 Å². The molecule has 1 heterocycles. The quantitative estimate of drug-likeness (QED) is 0.866. The molecule has 1 aliphatic heterocycles. The second kappa shape index (κ2) is 8.06. The molecule has 0 aromatic heterocycles. The fraction of sp³-hybridized carbons (Fsp3) is 0.611. The summed E-state index contributed by atoms with van der Waals surface area (Å²) in [6, 6.07) is 6.12. The zero-order chi connectivity index (χ0) is 17.9. The molecular formula is C18H25ClN2O3S. The Morgan fingerprint density at radius 1 is 1.04 bits per heavy atom. The van der Waals surface area contributed by atoms with Gasteiger partial charge < -0.3 is 5.32 Å². The summed E-state index contributed by atoms with van der Waals surface area (Å²) >= 11 is 5.85. The minimum absolute atomic E-state index is 0.0930. The van der Waals surface area contributed by atoms with Crippen LogP contribution in [0.25, 0.3) is 0 Å². The number of rotatable bonds is 4. The van der Waals surface area contributed by atoms with E-state index >= 15 is 0 Å². The molecule has 0 unspecified atom stereocenters. The number of amides is 1. The van der Waals surface area contributed by atoms with E-state index < -0.39 is 10.0 Å². The monoisotopic (exact) mass is 384 g/mol. The Morgan fingerprint density at radius 2 is 1.72 bits per heavy atom. The van der Waals surface area contributed by atoms with Gasteiger partial charge in [0.15, 0.2) is 0 Å². The Labute approximate surface area is 154 Å². The minimum Gasteiger partial charge on any atom is -0.352 e. The van der Waals surface area contributed by atoms with Gasteiger partial charge in [-0.3, -0.25) is 4.79 Å². The molecule has 2 aliphatic rings. The maximum atomic E-state index is 12.8. The minimum atomic E-state index is -3.55. The smallest absolute Gasteiger partial charge is 0.243 e. The molecule has 1 aliphatic carbocycles. The molecule has 0 spiro atoms. The molecule has 1 aromatic rings. The zero-order valence-electron chi connectivity index (χ0n) is 14.3. The fourth-order valence-corrected chi connectivity index (χ4v) is 5.37. The molecule has 1 saturated heterocycles. The average Bonchev–Trinajstić information content (AvgIpc) is 2.63. The summed E-state index contributed by atoms with van der Waals surface area (Å²) in [6.07, 6.45) is 6.91. The van der Waals surface area contributed by atoms with Crippen LogP contribution < -0.4 is 5.32 Å². The predicted molar refractivity (Wildman–Crippen MR) is 98.0 cm³/mol. The van der Waals surface area contributed by atoms with Crippen LogP contribution in [0.15, 0.2) is 29.2 Å². The van der Waals surface area contributed by atoms with Gasteiger partial charge in [-0.25, -0.2) is 8.42 Å². The van der Waals surface area contributed by atoms with E-state index in [2.05, 4.69) is 5.32 Å². The van der Waals surface area contributed by atoms with Crippen molar-refractivity contribution in [1.29, 1.82) is 0 Å². The van der Waals surface area contributed by atoms with Crippen LogP contribution >= 0.6 is 11.6 Å². The predicted octanol–water partition coefficient (Wildman–Crippen LogP) is 3.19. The third-order valence-electron chi connectivity index (χ3n) is 5.16. The third-order valence-corrected chi connectivity index (χ3v) is 7.29. The van der Waals surface area contributed by atoms with Gasteiger partial charge in [0.2, 0.25) is 15.9 Å². The maximum absolute atomic E-state index is 12.8. The summed E-state index contributed by atoms with van der Waals surface area (Å²) < 4.78 is 27.1. The van der Waals surface area contributed by atoms with E-state index in [-0.39, 0.29) is 22.8 Å². The highest BCUT2D eigenvalue weighted by molar-refractivity contribution is 7.89. The first-order chi connectivity index (χ1) is 12.0. The van der Waals surface area contributed by atoms with Crippen LogP contribution in [0.2, 0.25) is 5.02 Å². The molecule has 2 fully saturated rings. The normalized spacial score (nSPS) is 23.3. The van der Waals surface area contributed by atoms with Gasteiger partial charge >= 0.3 is 0 Å². The lowest BCUT2D eigenvalue weighted by molar-refractivity contribution is -0.126. The van der Waals surface area contributed by atoms with Crippen molar-refractivity contribution < 1.29 is 13.2 Å². The number of sulfonamides is 1. The standard InChI is InChI=1S/C18H25ClN2O3S/c19-15-8-10-17(11-9-15)25(23,24)21-12-4-7-16(13-21)20-18(22)14-5-2-1-3-6-14/h8-11,14,16H,1-7,12-13H2,(H,20,22)/t16-/m0/s1. The van der Waals surface area contributed by atoms with Gasteiger partial charge in [0, 0.05) is 30.1 Å². The van der Waals surface area contributed by atoms with Crippen molar-refractivity contribution >= 4 is 27.5 Å². The van der Waals surface area contributed by atoms with Crippen molar-refractivity contribution in [2.24, 2.45) is 5.92 Å². The Kier molecular flexibility index (Phi) is 6.02. The zero-order valence-corrected chi connectivity index (χ0v) is 15.9. The van der Waals surface area contributed by atoms with Gasteiger partial charge in [-0.05, 0) is 49.9 Å². The summed E-state index contributed by atoms with van der Waals surface area (Å²) in [6.45, 7) is 0.824. The first-order valence-corrected chi connectivity index (χ1v) is 10.8. The molecule has 1 aromatic carbocycles. The highest BCUT2D eigenvalue weighted by atomic mass is 35.5. The van der Waals surface area contributed by atoms with Crippen LogP contribution in [-0.4, -0.2) is 37.8 Å². The average molecular weight is 385 g/mol. The molecule has 1 N–H and O–H groups in total. The number of hydrogen-bond donors (Lipinski definition) is 1. The van der Waals surface area contributed by atoms with Gasteiger partial charge in [-0.2, -0.15) is 4.31 Å². The van der Waals surface area contributed by atoms with Crippen molar-refractivity contribution in [2.75, 3.05) is 13.1 Å². The molecule has 1 saturated carbocycles. The molecule has 5 nitrogen and oxygen atoms in total. The molecule has 1 atom stereocenters. The van der Waals surface area contributed by atoms with E-state index in [0.29, 0.717) is 18.1 Å². The fourth-order valence-electron chi connectivity index (χ4n) is 3.72. The Morgan fingerprint density at radius 3 is 2.40 bits per heavy atom. The first-order valence-electron chi connectivity index (χ1n) is 9.03. The van der Waals surface area contributed by atoms with Crippen molar-refractivity contribution in [3.8, 4) is 0 Å².